The summed E-state index contributed by atoms with van der Waals surface area (Å²) in [5.74, 6) is 0.253. The van der Waals surface area contributed by atoms with Crippen LogP contribution in [0.2, 0.25) is 0 Å². The van der Waals surface area contributed by atoms with Gasteiger partial charge in [-0.25, -0.2) is 4.39 Å². The highest BCUT2D eigenvalue weighted by atomic mass is 79.9. The van der Waals surface area contributed by atoms with Crippen molar-refractivity contribution in [1.82, 2.24) is 0 Å². The van der Waals surface area contributed by atoms with Crippen LogP contribution in [0.4, 0.5) is 10.1 Å². The number of halogens is 2. The molecule has 3 nitrogen and oxygen atoms in total. The fourth-order valence-corrected chi connectivity index (χ4v) is 3.47. The number of carbonyl (C=O) groups excluding carboxylic acids is 1. The number of hydrogen-bond donors (Lipinski definition) is 1. The first-order chi connectivity index (χ1) is 13.1. The molecule has 0 fully saturated rings. The summed E-state index contributed by atoms with van der Waals surface area (Å²) in [6.45, 7) is 0.270. The van der Waals surface area contributed by atoms with Gasteiger partial charge >= 0.3 is 0 Å². The van der Waals surface area contributed by atoms with Gasteiger partial charge in [-0.2, -0.15) is 0 Å². The van der Waals surface area contributed by atoms with E-state index >= 15 is 0 Å². The van der Waals surface area contributed by atoms with E-state index in [0.717, 1.165) is 26.9 Å². The van der Waals surface area contributed by atoms with E-state index in [2.05, 4.69) is 21.2 Å². The van der Waals surface area contributed by atoms with Crippen molar-refractivity contribution in [2.45, 2.75) is 6.61 Å². The number of benzene rings is 3. The molecular formula is C22H15BrFNO2. The lowest BCUT2D eigenvalue weighted by molar-refractivity contribution is -0.110. The molecule has 0 saturated carbocycles. The second-order valence-electron chi connectivity index (χ2n) is 6.17. The summed E-state index contributed by atoms with van der Waals surface area (Å²) >= 11 is 3.50. The summed E-state index contributed by atoms with van der Waals surface area (Å²) in [5.41, 5.74) is 3.98. The van der Waals surface area contributed by atoms with Gasteiger partial charge in [0.1, 0.15) is 18.2 Å². The zero-order valence-corrected chi connectivity index (χ0v) is 15.8. The van der Waals surface area contributed by atoms with Crippen LogP contribution in [0, 0.1) is 5.82 Å². The number of para-hydroxylation sites is 1. The van der Waals surface area contributed by atoms with E-state index in [1.807, 2.05) is 54.6 Å². The van der Waals surface area contributed by atoms with Gasteiger partial charge in [0, 0.05) is 16.8 Å². The van der Waals surface area contributed by atoms with Crippen LogP contribution >= 0.6 is 15.9 Å². The lowest BCUT2D eigenvalue weighted by Gasteiger charge is -2.09. The predicted molar refractivity (Wildman–Crippen MR) is 108 cm³/mol. The summed E-state index contributed by atoms with van der Waals surface area (Å²) in [6, 6.07) is 19.5. The Morgan fingerprint density at radius 2 is 1.89 bits per heavy atom. The summed E-state index contributed by atoms with van der Waals surface area (Å²) < 4.78 is 19.8. The Kier molecular flexibility index (Phi) is 4.77. The lowest BCUT2D eigenvalue weighted by atomic mass is 10.0. The van der Waals surface area contributed by atoms with Crippen LogP contribution in [-0.2, 0) is 11.4 Å². The molecule has 0 aromatic heterocycles. The molecule has 0 atom stereocenters. The summed E-state index contributed by atoms with van der Waals surface area (Å²) in [7, 11) is 0. The molecule has 27 heavy (non-hydrogen) atoms. The molecule has 0 aliphatic carbocycles. The molecule has 1 aliphatic heterocycles. The van der Waals surface area contributed by atoms with Gasteiger partial charge in [0.2, 0.25) is 0 Å². The summed E-state index contributed by atoms with van der Waals surface area (Å²) in [5, 5.41) is 2.86. The Morgan fingerprint density at radius 1 is 1.04 bits per heavy atom. The molecule has 0 saturated heterocycles. The standard InChI is InChI=1S/C22H15BrFNO2/c23-19-12-14(11-18-17-6-1-2-7-20(17)25-22(18)26)8-9-21(19)27-13-15-4-3-5-16(24)10-15/h1-12H,13H2,(H,25,26)/b18-11+. The maximum Gasteiger partial charge on any atom is 0.256 e. The van der Waals surface area contributed by atoms with Crippen molar-refractivity contribution >= 4 is 39.2 Å². The molecule has 0 unspecified atom stereocenters. The van der Waals surface area contributed by atoms with E-state index in [-0.39, 0.29) is 18.3 Å². The van der Waals surface area contributed by atoms with Gasteiger partial charge in [0.05, 0.1) is 4.47 Å². The fraction of sp³-hybridized carbons (Fsp3) is 0.0455. The lowest BCUT2D eigenvalue weighted by Crippen LogP contribution is -2.03. The van der Waals surface area contributed by atoms with Crippen LogP contribution in [0.15, 0.2) is 71.2 Å². The Labute approximate surface area is 164 Å². The molecule has 1 amide bonds. The van der Waals surface area contributed by atoms with E-state index in [9.17, 15) is 9.18 Å². The topological polar surface area (TPSA) is 38.3 Å². The number of anilines is 1. The number of amides is 1. The normalized spacial score (nSPS) is 14.1. The van der Waals surface area contributed by atoms with E-state index in [4.69, 9.17) is 4.74 Å². The van der Waals surface area contributed by atoms with Gasteiger partial charge in [-0.15, -0.1) is 0 Å². The van der Waals surface area contributed by atoms with Crippen molar-refractivity contribution in [3.63, 3.8) is 0 Å². The smallest absolute Gasteiger partial charge is 0.256 e. The average Bonchev–Trinajstić information content (AvgIpc) is 2.97. The van der Waals surface area contributed by atoms with Gasteiger partial charge in [0.25, 0.3) is 5.91 Å². The third-order valence-electron chi connectivity index (χ3n) is 4.26. The number of nitrogens with one attached hydrogen (secondary N) is 1. The van der Waals surface area contributed by atoms with Crippen LogP contribution in [0.5, 0.6) is 5.75 Å². The Balaban J connectivity index is 1.55. The number of carbonyl (C=O) groups is 1. The van der Waals surface area contributed by atoms with Crippen molar-refractivity contribution in [1.29, 1.82) is 0 Å². The number of rotatable bonds is 4. The van der Waals surface area contributed by atoms with Crippen molar-refractivity contribution in [2.24, 2.45) is 0 Å². The zero-order valence-electron chi connectivity index (χ0n) is 14.2. The van der Waals surface area contributed by atoms with Crippen LogP contribution < -0.4 is 10.1 Å². The first-order valence-electron chi connectivity index (χ1n) is 8.39. The van der Waals surface area contributed by atoms with Gasteiger partial charge < -0.3 is 10.1 Å². The molecule has 5 heteroatoms. The maximum absolute atomic E-state index is 13.3. The SMILES string of the molecule is O=C1Nc2ccccc2/C1=C\c1ccc(OCc2cccc(F)c2)c(Br)c1. The van der Waals surface area contributed by atoms with Crippen LogP contribution in [0.3, 0.4) is 0 Å². The Bertz CT molecular complexity index is 1060. The third-order valence-corrected chi connectivity index (χ3v) is 4.88. The summed E-state index contributed by atoms with van der Waals surface area (Å²) in [4.78, 5) is 12.2. The van der Waals surface area contributed by atoms with Gasteiger partial charge in [-0.1, -0.05) is 36.4 Å². The molecule has 0 spiro atoms. The summed E-state index contributed by atoms with van der Waals surface area (Å²) in [6.07, 6.45) is 1.85. The maximum atomic E-state index is 13.3. The highest BCUT2D eigenvalue weighted by Crippen LogP contribution is 2.34. The quantitative estimate of drug-likeness (QED) is 0.549. The molecule has 4 rings (SSSR count). The van der Waals surface area contributed by atoms with Gasteiger partial charge in [-0.05, 0) is 63.5 Å². The number of ether oxygens (including phenoxy) is 1. The third kappa shape index (κ3) is 3.78. The zero-order chi connectivity index (χ0) is 18.8. The van der Waals surface area contributed by atoms with Crippen molar-refractivity contribution in [3.8, 4) is 5.75 Å². The predicted octanol–water partition coefficient (Wildman–Crippen LogP) is 5.66. The molecule has 0 bridgehead atoms. The van der Waals surface area contributed by atoms with E-state index in [1.165, 1.54) is 12.1 Å². The first kappa shape index (κ1) is 17.5. The molecule has 3 aromatic rings. The van der Waals surface area contributed by atoms with Crippen molar-refractivity contribution < 1.29 is 13.9 Å². The van der Waals surface area contributed by atoms with Crippen LogP contribution in [-0.4, -0.2) is 5.91 Å². The molecule has 3 aromatic carbocycles. The number of hydrogen-bond acceptors (Lipinski definition) is 2. The molecule has 0 radical (unpaired) electrons. The van der Waals surface area contributed by atoms with Crippen LogP contribution in [0.1, 0.15) is 16.7 Å². The minimum atomic E-state index is -0.285. The highest BCUT2D eigenvalue weighted by molar-refractivity contribution is 9.10. The Morgan fingerprint density at radius 3 is 2.70 bits per heavy atom. The van der Waals surface area contributed by atoms with Gasteiger partial charge in [0.15, 0.2) is 0 Å². The molecule has 134 valence electrons. The monoisotopic (exact) mass is 423 g/mol. The van der Waals surface area contributed by atoms with E-state index in [1.54, 1.807) is 6.07 Å². The van der Waals surface area contributed by atoms with Gasteiger partial charge in [-0.3, -0.25) is 4.79 Å². The molecule has 1 aliphatic rings. The second kappa shape index (κ2) is 7.37. The fourth-order valence-electron chi connectivity index (χ4n) is 2.96. The molecule has 1 heterocycles. The minimum Gasteiger partial charge on any atom is -0.488 e. The minimum absolute atomic E-state index is 0.112. The number of fused-ring (bicyclic) bond motifs is 1. The second-order valence-corrected chi connectivity index (χ2v) is 7.02. The average molecular weight is 424 g/mol. The van der Waals surface area contributed by atoms with E-state index in [0.29, 0.717) is 11.3 Å². The van der Waals surface area contributed by atoms with Crippen molar-refractivity contribution in [3.05, 3.63) is 93.7 Å². The van der Waals surface area contributed by atoms with E-state index < -0.39 is 0 Å². The molecular weight excluding hydrogens is 409 g/mol. The Hall–Kier alpha value is -2.92. The largest absolute Gasteiger partial charge is 0.488 e. The highest BCUT2D eigenvalue weighted by Gasteiger charge is 2.23. The van der Waals surface area contributed by atoms with Crippen LogP contribution in [0.25, 0.3) is 11.6 Å². The van der Waals surface area contributed by atoms with Crippen molar-refractivity contribution in [2.75, 3.05) is 5.32 Å². The first-order valence-corrected chi connectivity index (χ1v) is 9.19. The molecule has 1 N–H and O–H groups in total.